The van der Waals surface area contributed by atoms with Gasteiger partial charge in [0.05, 0.1) is 5.69 Å². The standard InChI is InChI=1S/C15H18FN3/c1-10-14(12-3-2-4-13(16)9-12)15(19-18-10)11-5-7-17-8-6-11/h2-4,9,11,17H,5-8H2,1H3,(H,18,19). The van der Waals surface area contributed by atoms with E-state index in [9.17, 15) is 4.39 Å². The van der Waals surface area contributed by atoms with E-state index in [2.05, 4.69) is 15.5 Å². The monoisotopic (exact) mass is 259 g/mol. The van der Waals surface area contributed by atoms with E-state index in [1.165, 1.54) is 6.07 Å². The Morgan fingerprint density at radius 1 is 1.26 bits per heavy atom. The Balaban J connectivity index is 2.03. The molecule has 0 spiro atoms. The number of H-pyrrole nitrogens is 1. The van der Waals surface area contributed by atoms with Gasteiger partial charge >= 0.3 is 0 Å². The molecule has 1 fully saturated rings. The first-order valence-electron chi connectivity index (χ1n) is 6.77. The molecule has 0 saturated carbocycles. The van der Waals surface area contributed by atoms with E-state index in [0.717, 1.165) is 48.4 Å². The zero-order chi connectivity index (χ0) is 13.2. The molecule has 19 heavy (non-hydrogen) atoms. The maximum atomic E-state index is 13.4. The summed E-state index contributed by atoms with van der Waals surface area (Å²) in [5.41, 5.74) is 4.09. The number of nitrogens with one attached hydrogen (secondary N) is 2. The number of hydrogen-bond donors (Lipinski definition) is 2. The predicted molar refractivity (Wildman–Crippen MR) is 73.6 cm³/mol. The van der Waals surface area contributed by atoms with Crippen LogP contribution in [0.25, 0.3) is 11.1 Å². The number of piperidine rings is 1. The number of halogens is 1. The molecule has 0 unspecified atom stereocenters. The van der Waals surface area contributed by atoms with Crippen LogP contribution in [0.2, 0.25) is 0 Å². The molecule has 3 nitrogen and oxygen atoms in total. The zero-order valence-electron chi connectivity index (χ0n) is 11.0. The fourth-order valence-corrected chi connectivity index (χ4v) is 2.85. The van der Waals surface area contributed by atoms with Gasteiger partial charge in [0.25, 0.3) is 0 Å². The highest BCUT2D eigenvalue weighted by atomic mass is 19.1. The highest BCUT2D eigenvalue weighted by molar-refractivity contribution is 5.69. The number of aromatic amines is 1. The molecule has 2 aromatic rings. The molecule has 0 radical (unpaired) electrons. The average molecular weight is 259 g/mol. The summed E-state index contributed by atoms with van der Waals surface area (Å²) in [5, 5.41) is 10.9. The van der Waals surface area contributed by atoms with Crippen molar-refractivity contribution in [3.05, 3.63) is 41.5 Å². The Kier molecular flexibility index (Phi) is 3.34. The highest BCUT2D eigenvalue weighted by Gasteiger charge is 2.23. The van der Waals surface area contributed by atoms with Gasteiger partial charge in [0, 0.05) is 17.2 Å². The first-order valence-corrected chi connectivity index (χ1v) is 6.77. The van der Waals surface area contributed by atoms with Gasteiger partial charge < -0.3 is 5.32 Å². The molecule has 3 rings (SSSR count). The summed E-state index contributed by atoms with van der Waals surface area (Å²) in [6.07, 6.45) is 2.18. The molecule has 100 valence electrons. The van der Waals surface area contributed by atoms with Crippen LogP contribution in [0, 0.1) is 12.7 Å². The van der Waals surface area contributed by atoms with Crippen LogP contribution >= 0.6 is 0 Å². The molecule has 1 aromatic heterocycles. The molecule has 1 aliphatic rings. The summed E-state index contributed by atoms with van der Waals surface area (Å²) < 4.78 is 13.4. The van der Waals surface area contributed by atoms with Crippen molar-refractivity contribution in [2.24, 2.45) is 0 Å². The second-order valence-corrected chi connectivity index (χ2v) is 5.14. The molecular formula is C15H18FN3. The summed E-state index contributed by atoms with van der Waals surface area (Å²) in [4.78, 5) is 0. The number of benzene rings is 1. The van der Waals surface area contributed by atoms with E-state index < -0.39 is 0 Å². The van der Waals surface area contributed by atoms with Gasteiger partial charge in [-0.3, -0.25) is 5.10 Å². The lowest BCUT2D eigenvalue weighted by Crippen LogP contribution is -2.27. The Morgan fingerprint density at radius 2 is 2.05 bits per heavy atom. The zero-order valence-corrected chi connectivity index (χ0v) is 11.0. The van der Waals surface area contributed by atoms with Gasteiger partial charge in [0.15, 0.2) is 0 Å². The molecule has 1 saturated heterocycles. The Labute approximate surface area is 112 Å². The Hall–Kier alpha value is -1.68. The highest BCUT2D eigenvalue weighted by Crippen LogP contribution is 2.34. The van der Waals surface area contributed by atoms with Crippen LogP contribution in [0.15, 0.2) is 24.3 Å². The van der Waals surface area contributed by atoms with Crippen molar-refractivity contribution in [1.29, 1.82) is 0 Å². The third-order valence-corrected chi connectivity index (χ3v) is 3.81. The van der Waals surface area contributed by atoms with Gasteiger partial charge in [-0.1, -0.05) is 12.1 Å². The van der Waals surface area contributed by atoms with Gasteiger partial charge in [0.1, 0.15) is 5.82 Å². The quantitative estimate of drug-likeness (QED) is 0.870. The first kappa shape index (κ1) is 12.4. The van der Waals surface area contributed by atoms with Gasteiger partial charge in [-0.15, -0.1) is 0 Å². The summed E-state index contributed by atoms with van der Waals surface area (Å²) in [7, 11) is 0. The van der Waals surface area contributed by atoms with Crippen molar-refractivity contribution in [1.82, 2.24) is 15.5 Å². The molecule has 4 heteroatoms. The molecule has 2 heterocycles. The molecule has 0 atom stereocenters. The van der Waals surface area contributed by atoms with Gasteiger partial charge in [-0.05, 0) is 50.6 Å². The van der Waals surface area contributed by atoms with Crippen LogP contribution in [0.3, 0.4) is 0 Å². The molecular weight excluding hydrogens is 241 g/mol. The third-order valence-electron chi connectivity index (χ3n) is 3.81. The molecule has 0 bridgehead atoms. The minimum Gasteiger partial charge on any atom is -0.317 e. The van der Waals surface area contributed by atoms with Gasteiger partial charge in [-0.25, -0.2) is 4.39 Å². The number of hydrogen-bond acceptors (Lipinski definition) is 2. The van der Waals surface area contributed by atoms with E-state index in [4.69, 9.17) is 0 Å². The summed E-state index contributed by atoms with van der Waals surface area (Å²) in [6.45, 7) is 4.05. The predicted octanol–water partition coefficient (Wildman–Crippen LogP) is 2.99. The average Bonchev–Trinajstić information content (AvgIpc) is 2.82. The van der Waals surface area contributed by atoms with Gasteiger partial charge in [0.2, 0.25) is 0 Å². The van der Waals surface area contributed by atoms with Gasteiger partial charge in [-0.2, -0.15) is 5.10 Å². The Bertz CT molecular complexity index is 571. The van der Waals surface area contributed by atoms with Crippen LogP contribution in [0.5, 0.6) is 0 Å². The molecule has 0 amide bonds. The molecule has 2 N–H and O–H groups in total. The lowest BCUT2D eigenvalue weighted by atomic mass is 9.89. The van der Waals surface area contributed by atoms with E-state index >= 15 is 0 Å². The summed E-state index contributed by atoms with van der Waals surface area (Å²) >= 11 is 0. The number of nitrogens with zero attached hydrogens (tertiary/aromatic N) is 1. The van der Waals surface area contributed by atoms with E-state index in [1.54, 1.807) is 12.1 Å². The van der Waals surface area contributed by atoms with Crippen LogP contribution in [0.1, 0.15) is 30.1 Å². The molecule has 1 aromatic carbocycles. The third kappa shape index (κ3) is 2.40. The molecule has 0 aliphatic carbocycles. The summed E-state index contributed by atoms with van der Waals surface area (Å²) in [6, 6.07) is 6.76. The number of aromatic nitrogens is 2. The molecule has 1 aliphatic heterocycles. The van der Waals surface area contributed by atoms with Crippen molar-refractivity contribution in [3.63, 3.8) is 0 Å². The van der Waals surface area contributed by atoms with E-state index in [-0.39, 0.29) is 5.82 Å². The van der Waals surface area contributed by atoms with Crippen molar-refractivity contribution in [2.75, 3.05) is 13.1 Å². The fraction of sp³-hybridized carbons (Fsp3) is 0.400. The minimum absolute atomic E-state index is 0.200. The second kappa shape index (κ2) is 5.13. The minimum atomic E-state index is -0.200. The van der Waals surface area contributed by atoms with Crippen LogP contribution in [0.4, 0.5) is 4.39 Å². The van der Waals surface area contributed by atoms with Crippen LogP contribution < -0.4 is 5.32 Å². The normalized spacial score (nSPS) is 16.7. The number of rotatable bonds is 2. The van der Waals surface area contributed by atoms with Crippen LogP contribution in [-0.4, -0.2) is 23.3 Å². The van der Waals surface area contributed by atoms with E-state index in [1.807, 2.05) is 13.0 Å². The second-order valence-electron chi connectivity index (χ2n) is 5.14. The summed E-state index contributed by atoms with van der Waals surface area (Å²) in [5.74, 6) is 0.263. The first-order chi connectivity index (χ1) is 9.25. The van der Waals surface area contributed by atoms with Crippen LogP contribution in [-0.2, 0) is 0 Å². The fourth-order valence-electron chi connectivity index (χ4n) is 2.85. The van der Waals surface area contributed by atoms with Crippen molar-refractivity contribution >= 4 is 0 Å². The maximum Gasteiger partial charge on any atom is 0.123 e. The lowest BCUT2D eigenvalue weighted by molar-refractivity contribution is 0.453. The maximum absolute atomic E-state index is 13.4. The van der Waals surface area contributed by atoms with Crippen molar-refractivity contribution < 1.29 is 4.39 Å². The smallest absolute Gasteiger partial charge is 0.123 e. The van der Waals surface area contributed by atoms with Crippen molar-refractivity contribution in [2.45, 2.75) is 25.7 Å². The SMILES string of the molecule is Cc1[nH]nc(C2CCNCC2)c1-c1cccc(F)c1. The largest absolute Gasteiger partial charge is 0.317 e. The lowest BCUT2D eigenvalue weighted by Gasteiger charge is -2.22. The van der Waals surface area contributed by atoms with E-state index in [0.29, 0.717) is 5.92 Å². The topological polar surface area (TPSA) is 40.7 Å². The van der Waals surface area contributed by atoms with Crippen molar-refractivity contribution in [3.8, 4) is 11.1 Å². The Morgan fingerprint density at radius 3 is 2.79 bits per heavy atom. The number of aryl methyl sites for hydroxylation is 1.